The van der Waals surface area contributed by atoms with Crippen molar-refractivity contribution in [1.29, 1.82) is 0 Å². The summed E-state index contributed by atoms with van der Waals surface area (Å²) in [5, 5.41) is 9.77. The minimum atomic E-state index is -0.709. The van der Waals surface area contributed by atoms with E-state index in [1.807, 2.05) is 26.0 Å². The number of aryl methyl sites for hydroxylation is 2. The molecule has 0 aliphatic heterocycles. The fourth-order valence-corrected chi connectivity index (χ4v) is 4.52. The molecule has 1 aromatic carbocycles. The second kappa shape index (κ2) is 4.80. The van der Waals surface area contributed by atoms with Crippen LogP contribution in [0.4, 0.5) is 5.69 Å². The lowest BCUT2D eigenvalue weighted by Gasteiger charge is -2.29. The summed E-state index contributed by atoms with van der Waals surface area (Å²) in [6, 6.07) is 4.01. The highest BCUT2D eigenvalue weighted by atomic mass is 16.4. The Kier molecular flexibility index (Phi) is 3.23. The molecule has 3 heteroatoms. The number of rotatable bonds is 3. The maximum absolute atomic E-state index is 11.9. The molecule has 4 atom stereocenters. The molecule has 1 aromatic rings. The average molecular weight is 273 g/mol. The number of benzene rings is 1. The Bertz CT molecular complexity index is 552. The standard InChI is InChI=1S/C17H23NO2/c1-9-5-10(2)16(18)14(6-9)15(17(19)20)13-8-11-3-4-12(13)7-11/h5-6,11-13,15H,3-4,7-8,18H2,1-2H3,(H,19,20). The Labute approximate surface area is 120 Å². The molecule has 0 amide bonds. The van der Waals surface area contributed by atoms with Crippen molar-refractivity contribution in [3.8, 4) is 0 Å². The third kappa shape index (κ3) is 2.09. The van der Waals surface area contributed by atoms with E-state index in [0.717, 1.165) is 29.0 Å². The Hall–Kier alpha value is -1.51. The molecule has 3 nitrogen and oxygen atoms in total. The molecule has 0 saturated heterocycles. The summed E-state index contributed by atoms with van der Waals surface area (Å²) >= 11 is 0. The Morgan fingerprint density at radius 1 is 1.30 bits per heavy atom. The minimum Gasteiger partial charge on any atom is -0.481 e. The third-order valence-corrected chi connectivity index (χ3v) is 5.39. The van der Waals surface area contributed by atoms with Crippen molar-refractivity contribution in [2.24, 2.45) is 17.8 Å². The molecule has 3 N–H and O–H groups in total. The molecule has 20 heavy (non-hydrogen) atoms. The first-order chi connectivity index (χ1) is 9.47. The van der Waals surface area contributed by atoms with Crippen LogP contribution in [0.1, 0.15) is 48.3 Å². The van der Waals surface area contributed by atoms with Crippen LogP contribution in [0.3, 0.4) is 0 Å². The van der Waals surface area contributed by atoms with Crippen LogP contribution in [0.2, 0.25) is 0 Å². The van der Waals surface area contributed by atoms with Crippen LogP contribution in [0.25, 0.3) is 0 Å². The maximum atomic E-state index is 11.9. The van der Waals surface area contributed by atoms with Gasteiger partial charge in [-0.25, -0.2) is 0 Å². The number of aliphatic carboxylic acids is 1. The van der Waals surface area contributed by atoms with Gasteiger partial charge in [0.05, 0.1) is 5.92 Å². The first kappa shape index (κ1) is 13.5. The zero-order valence-electron chi connectivity index (χ0n) is 12.2. The molecule has 2 bridgehead atoms. The fourth-order valence-electron chi connectivity index (χ4n) is 4.52. The van der Waals surface area contributed by atoms with Crippen LogP contribution in [0.5, 0.6) is 0 Å². The molecular weight excluding hydrogens is 250 g/mol. The van der Waals surface area contributed by atoms with Gasteiger partial charge >= 0.3 is 5.97 Å². The molecular formula is C17H23NO2. The highest BCUT2D eigenvalue weighted by molar-refractivity contribution is 5.80. The molecule has 2 fully saturated rings. The van der Waals surface area contributed by atoms with Crippen molar-refractivity contribution in [3.05, 3.63) is 28.8 Å². The predicted octanol–water partition coefficient (Wildman–Crippen LogP) is 3.49. The van der Waals surface area contributed by atoms with E-state index in [2.05, 4.69) is 0 Å². The summed E-state index contributed by atoms with van der Waals surface area (Å²) in [6.45, 7) is 3.97. The van der Waals surface area contributed by atoms with E-state index < -0.39 is 11.9 Å². The molecule has 0 heterocycles. The zero-order chi connectivity index (χ0) is 14.4. The highest BCUT2D eigenvalue weighted by Gasteiger charge is 2.46. The van der Waals surface area contributed by atoms with Gasteiger partial charge in [-0.2, -0.15) is 0 Å². The minimum absolute atomic E-state index is 0.273. The molecule has 0 radical (unpaired) electrons. The normalized spacial score (nSPS) is 29.6. The molecule has 2 saturated carbocycles. The lowest BCUT2D eigenvalue weighted by atomic mass is 9.75. The zero-order valence-corrected chi connectivity index (χ0v) is 12.2. The summed E-state index contributed by atoms with van der Waals surface area (Å²) in [5.41, 5.74) is 9.80. The van der Waals surface area contributed by atoms with E-state index in [0.29, 0.717) is 11.6 Å². The fraction of sp³-hybridized carbons (Fsp3) is 0.588. The number of hydrogen-bond acceptors (Lipinski definition) is 2. The second-order valence-electron chi connectivity index (χ2n) is 6.74. The number of carbonyl (C=O) groups is 1. The monoisotopic (exact) mass is 273 g/mol. The van der Waals surface area contributed by atoms with Crippen LogP contribution >= 0.6 is 0 Å². The van der Waals surface area contributed by atoms with Gasteiger partial charge in [0.2, 0.25) is 0 Å². The summed E-state index contributed by atoms with van der Waals surface area (Å²) in [7, 11) is 0. The van der Waals surface area contributed by atoms with Gasteiger partial charge in [-0.05, 0) is 62.0 Å². The number of fused-ring (bicyclic) bond motifs is 2. The quantitative estimate of drug-likeness (QED) is 0.829. The molecule has 108 valence electrons. The van der Waals surface area contributed by atoms with Crippen LogP contribution in [-0.4, -0.2) is 11.1 Å². The number of anilines is 1. The average Bonchev–Trinajstić information content (AvgIpc) is 2.97. The Morgan fingerprint density at radius 2 is 2.05 bits per heavy atom. The van der Waals surface area contributed by atoms with Gasteiger partial charge in [0.25, 0.3) is 0 Å². The molecule has 2 aliphatic carbocycles. The number of hydrogen-bond donors (Lipinski definition) is 2. The first-order valence-electron chi connectivity index (χ1n) is 7.56. The van der Waals surface area contributed by atoms with E-state index in [-0.39, 0.29) is 5.92 Å². The van der Waals surface area contributed by atoms with Gasteiger partial charge in [0.15, 0.2) is 0 Å². The number of nitrogens with two attached hydrogens (primary N) is 1. The highest BCUT2D eigenvalue weighted by Crippen LogP contribution is 2.54. The summed E-state index contributed by atoms with van der Waals surface area (Å²) < 4.78 is 0. The Morgan fingerprint density at radius 3 is 2.60 bits per heavy atom. The van der Waals surface area contributed by atoms with Gasteiger partial charge < -0.3 is 10.8 Å². The maximum Gasteiger partial charge on any atom is 0.311 e. The topological polar surface area (TPSA) is 63.3 Å². The largest absolute Gasteiger partial charge is 0.481 e. The lowest BCUT2D eigenvalue weighted by Crippen LogP contribution is -2.27. The van der Waals surface area contributed by atoms with Gasteiger partial charge in [0, 0.05) is 5.69 Å². The van der Waals surface area contributed by atoms with Gasteiger partial charge in [0.1, 0.15) is 0 Å². The smallest absolute Gasteiger partial charge is 0.311 e. The van der Waals surface area contributed by atoms with Crippen molar-refractivity contribution in [2.45, 2.75) is 45.4 Å². The van der Waals surface area contributed by atoms with E-state index >= 15 is 0 Å². The van der Waals surface area contributed by atoms with E-state index in [9.17, 15) is 9.90 Å². The Balaban J connectivity index is 2.01. The third-order valence-electron chi connectivity index (χ3n) is 5.39. The number of carboxylic acids is 1. The molecule has 0 aromatic heterocycles. The number of nitrogen functional groups attached to an aromatic ring is 1. The molecule has 4 unspecified atom stereocenters. The molecule has 0 spiro atoms. The van der Waals surface area contributed by atoms with Crippen molar-refractivity contribution >= 4 is 11.7 Å². The summed E-state index contributed by atoms with van der Waals surface area (Å²) in [6.07, 6.45) is 4.77. The first-order valence-corrected chi connectivity index (χ1v) is 7.56. The van der Waals surface area contributed by atoms with Gasteiger partial charge in [-0.1, -0.05) is 24.1 Å². The van der Waals surface area contributed by atoms with E-state index in [1.165, 1.54) is 19.3 Å². The predicted molar refractivity (Wildman–Crippen MR) is 79.6 cm³/mol. The summed E-state index contributed by atoms with van der Waals surface area (Å²) in [4.78, 5) is 11.9. The molecule has 2 aliphatic rings. The van der Waals surface area contributed by atoms with E-state index in [4.69, 9.17) is 5.73 Å². The van der Waals surface area contributed by atoms with Crippen molar-refractivity contribution in [2.75, 3.05) is 5.73 Å². The van der Waals surface area contributed by atoms with Gasteiger partial charge in [-0.3, -0.25) is 4.79 Å². The van der Waals surface area contributed by atoms with Crippen LogP contribution in [-0.2, 0) is 4.79 Å². The van der Waals surface area contributed by atoms with Crippen molar-refractivity contribution in [3.63, 3.8) is 0 Å². The lowest BCUT2D eigenvalue weighted by molar-refractivity contribution is -0.140. The molecule has 3 rings (SSSR count). The number of carboxylic acid groups (broad SMARTS) is 1. The summed E-state index contributed by atoms with van der Waals surface area (Å²) in [5.74, 6) is 0.471. The second-order valence-corrected chi connectivity index (χ2v) is 6.74. The van der Waals surface area contributed by atoms with Crippen molar-refractivity contribution in [1.82, 2.24) is 0 Å². The van der Waals surface area contributed by atoms with Crippen LogP contribution in [0, 0.1) is 31.6 Å². The van der Waals surface area contributed by atoms with Crippen LogP contribution < -0.4 is 5.73 Å². The van der Waals surface area contributed by atoms with E-state index in [1.54, 1.807) is 0 Å². The SMILES string of the molecule is Cc1cc(C)c(N)c(C(C(=O)O)C2CC3CCC2C3)c1. The van der Waals surface area contributed by atoms with Gasteiger partial charge in [-0.15, -0.1) is 0 Å². The van der Waals surface area contributed by atoms with Crippen molar-refractivity contribution < 1.29 is 9.90 Å². The van der Waals surface area contributed by atoms with Crippen LogP contribution in [0.15, 0.2) is 12.1 Å².